The molecule has 12 heteroatoms. The number of rotatable bonds is 17. The van der Waals surface area contributed by atoms with Gasteiger partial charge in [0.05, 0.1) is 6.42 Å². The van der Waals surface area contributed by atoms with Gasteiger partial charge >= 0.3 is 11.9 Å². The first kappa shape index (κ1) is 36.5. The number of benzene rings is 4. The predicted molar refractivity (Wildman–Crippen MR) is 186 cm³/mol. The molecule has 4 aromatic carbocycles. The zero-order valence-electron chi connectivity index (χ0n) is 27.3. The minimum Gasteiger partial charge on any atom is -0.461 e. The topological polar surface area (TPSA) is 190 Å². The first-order valence-electron chi connectivity index (χ1n) is 15.9. The second kappa shape index (κ2) is 18.9. The lowest BCUT2D eigenvalue weighted by Crippen LogP contribution is -2.53. The van der Waals surface area contributed by atoms with Gasteiger partial charge in [-0.3, -0.25) is 24.6 Å². The Hall–Kier alpha value is -6.30. The standard InChI is InChI=1S/C38H39N5O7/c39-35(40)29-16-18-30(19-17-29)36(46)41-21-20-33(44)42-31(23-34(45)49-24-27-12-6-2-7-13-27)37(47)43-32(22-26-10-4-1-5-11-26)38(48)50-25-28-14-8-3-9-15-28/h1-19,31-32H,20-25H2,(H3,39,40)(H,41,46)(H,42,44)(H,43,47)/t31-,32-/m0/s1. The van der Waals surface area contributed by atoms with Crippen LogP contribution in [0.15, 0.2) is 115 Å². The fourth-order valence-electron chi connectivity index (χ4n) is 4.78. The SMILES string of the molecule is N=C(N)c1ccc(C(=O)NCCC(=O)N[C@@H](CC(=O)OCc2ccccc2)C(=O)N[C@@H](Cc2ccccc2)C(=O)OCc2ccccc2)cc1. The van der Waals surface area contributed by atoms with Crippen LogP contribution in [-0.2, 0) is 48.3 Å². The summed E-state index contributed by atoms with van der Waals surface area (Å²) in [6.45, 7) is -0.127. The highest BCUT2D eigenvalue weighted by atomic mass is 16.5. The van der Waals surface area contributed by atoms with E-state index in [-0.39, 0.29) is 38.4 Å². The number of carbonyl (C=O) groups is 5. The summed E-state index contributed by atoms with van der Waals surface area (Å²) in [4.78, 5) is 65.4. The predicted octanol–water partition coefficient (Wildman–Crippen LogP) is 3.18. The van der Waals surface area contributed by atoms with E-state index in [2.05, 4.69) is 16.0 Å². The Labute approximate surface area is 289 Å². The molecule has 0 aliphatic heterocycles. The van der Waals surface area contributed by atoms with E-state index in [0.717, 1.165) is 16.7 Å². The summed E-state index contributed by atoms with van der Waals surface area (Å²) in [5, 5.41) is 15.3. The monoisotopic (exact) mass is 677 g/mol. The molecule has 0 saturated heterocycles. The first-order chi connectivity index (χ1) is 24.2. The molecular formula is C38H39N5O7. The van der Waals surface area contributed by atoms with Crippen LogP contribution in [0.2, 0.25) is 0 Å². The van der Waals surface area contributed by atoms with Gasteiger partial charge in [0.15, 0.2) is 0 Å². The Balaban J connectivity index is 1.42. The van der Waals surface area contributed by atoms with Gasteiger partial charge in [0, 0.05) is 30.5 Å². The number of hydrogen-bond donors (Lipinski definition) is 5. The van der Waals surface area contributed by atoms with Gasteiger partial charge in [-0.2, -0.15) is 0 Å². The van der Waals surface area contributed by atoms with Crippen LogP contribution in [0.1, 0.15) is 45.5 Å². The molecule has 50 heavy (non-hydrogen) atoms. The highest BCUT2D eigenvalue weighted by Crippen LogP contribution is 2.10. The van der Waals surface area contributed by atoms with Crippen LogP contribution in [-0.4, -0.2) is 54.1 Å². The van der Waals surface area contributed by atoms with E-state index in [1.807, 2.05) is 30.3 Å². The van der Waals surface area contributed by atoms with Gasteiger partial charge in [0.1, 0.15) is 31.1 Å². The summed E-state index contributed by atoms with van der Waals surface area (Å²) in [6, 6.07) is 30.6. The molecule has 0 heterocycles. The van der Waals surface area contributed by atoms with Gasteiger partial charge in [-0.1, -0.05) is 103 Å². The highest BCUT2D eigenvalue weighted by Gasteiger charge is 2.30. The third-order valence-electron chi connectivity index (χ3n) is 7.47. The molecule has 0 spiro atoms. The number of nitrogens with one attached hydrogen (secondary N) is 4. The van der Waals surface area contributed by atoms with Crippen molar-refractivity contribution in [2.75, 3.05) is 6.54 Å². The number of esters is 2. The van der Waals surface area contributed by atoms with Gasteiger partial charge in [-0.15, -0.1) is 0 Å². The van der Waals surface area contributed by atoms with E-state index >= 15 is 0 Å². The summed E-state index contributed by atoms with van der Waals surface area (Å²) >= 11 is 0. The number of amidine groups is 1. The molecule has 4 rings (SSSR count). The van der Waals surface area contributed by atoms with Crippen LogP contribution in [0.3, 0.4) is 0 Å². The summed E-state index contributed by atoms with van der Waals surface area (Å²) in [5.41, 5.74) is 8.47. The molecule has 0 unspecified atom stereocenters. The number of nitrogen functional groups attached to an aromatic ring is 1. The maximum atomic E-state index is 13.7. The van der Waals surface area contributed by atoms with Gasteiger partial charge in [-0.25, -0.2) is 4.79 Å². The van der Waals surface area contributed by atoms with E-state index in [4.69, 9.17) is 20.6 Å². The van der Waals surface area contributed by atoms with E-state index in [1.54, 1.807) is 60.7 Å². The number of ether oxygens (including phenoxy) is 2. The van der Waals surface area contributed by atoms with E-state index in [9.17, 15) is 24.0 Å². The van der Waals surface area contributed by atoms with E-state index in [0.29, 0.717) is 11.1 Å². The summed E-state index contributed by atoms with van der Waals surface area (Å²) in [6.07, 6.45) is -0.637. The molecule has 0 fully saturated rings. The second-order valence-electron chi connectivity index (χ2n) is 11.3. The van der Waals surface area contributed by atoms with Crippen molar-refractivity contribution in [1.82, 2.24) is 16.0 Å². The minimum atomic E-state index is -1.40. The fourth-order valence-corrected chi connectivity index (χ4v) is 4.78. The van der Waals surface area contributed by atoms with Crippen molar-refractivity contribution in [2.24, 2.45) is 5.73 Å². The van der Waals surface area contributed by atoms with Crippen molar-refractivity contribution in [3.8, 4) is 0 Å². The first-order valence-corrected chi connectivity index (χ1v) is 15.9. The number of amides is 3. The Kier molecular flexibility index (Phi) is 13.8. The lowest BCUT2D eigenvalue weighted by molar-refractivity contribution is -0.150. The maximum Gasteiger partial charge on any atom is 0.329 e. The van der Waals surface area contributed by atoms with Crippen molar-refractivity contribution in [3.05, 3.63) is 143 Å². The third kappa shape index (κ3) is 12.1. The number of nitrogens with two attached hydrogens (primary N) is 1. The quantitative estimate of drug-likeness (QED) is 0.0640. The molecule has 6 N–H and O–H groups in total. The Morgan fingerprint density at radius 1 is 0.640 bits per heavy atom. The van der Waals surface area contributed by atoms with Crippen LogP contribution in [0.5, 0.6) is 0 Å². The third-order valence-corrected chi connectivity index (χ3v) is 7.47. The van der Waals surface area contributed by atoms with Crippen molar-refractivity contribution >= 4 is 35.5 Å². The van der Waals surface area contributed by atoms with Crippen LogP contribution < -0.4 is 21.7 Å². The summed E-state index contributed by atoms with van der Waals surface area (Å²) in [5.74, 6) is -3.44. The van der Waals surface area contributed by atoms with Gasteiger partial charge in [-0.05, 0) is 28.8 Å². The minimum absolute atomic E-state index is 0.0145. The summed E-state index contributed by atoms with van der Waals surface area (Å²) in [7, 11) is 0. The van der Waals surface area contributed by atoms with Crippen molar-refractivity contribution in [3.63, 3.8) is 0 Å². The van der Waals surface area contributed by atoms with Gasteiger partial charge in [0.2, 0.25) is 11.8 Å². The van der Waals surface area contributed by atoms with E-state index in [1.165, 1.54) is 24.3 Å². The molecule has 0 aliphatic rings. The molecule has 3 amide bonds. The molecule has 12 nitrogen and oxygen atoms in total. The smallest absolute Gasteiger partial charge is 0.329 e. The molecule has 0 bridgehead atoms. The summed E-state index contributed by atoms with van der Waals surface area (Å²) < 4.78 is 10.9. The average molecular weight is 678 g/mol. The Morgan fingerprint density at radius 3 is 1.72 bits per heavy atom. The average Bonchev–Trinajstić information content (AvgIpc) is 3.13. The van der Waals surface area contributed by atoms with E-state index < -0.39 is 48.2 Å². The number of carbonyl (C=O) groups excluding carboxylic acids is 5. The Bertz CT molecular complexity index is 1750. The number of hydrogen-bond acceptors (Lipinski definition) is 8. The van der Waals surface area contributed by atoms with Crippen molar-refractivity contribution < 1.29 is 33.4 Å². The van der Waals surface area contributed by atoms with Crippen LogP contribution in [0.4, 0.5) is 0 Å². The largest absolute Gasteiger partial charge is 0.461 e. The fraction of sp³-hybridized carbons (Fsp3) is 0.211. The maximum absolute atomic E-state index is 13.7. The molecular weight excluding hydrogens is 638 g/mol. The van der Waals surface area contributed by atoms with Crippen LogP contribution in [0, 0.1) is 5.41 Å². The molecule has 4 aromatic rings. The molecule has 0 radical (unpaired) electrons. The van der Waals surface area contributed by atoms with Crippen molar-refractivity contribution in [2.45, 2.75) is 44.6 Å². The Morgan fingerprint density at radius 2 is 1.16 bits per heavy atom. The second-order valence-corrected chi connectivity index (χ2v) is 11.3. The lowest BCUT2D eigenvalue weighted by atomic mass is 10.0. The zero-order valence-corrected chi connectivity index (χ0v) is 27.3. The zero-order chi connectivity index (χ0) is 35.7. The van der Waals surface area contributed by atoms with Crippen LogP contribution in [0.25, 0.3) is 0 Å². The molecule has 258 valence electrons. The normalized spacial score (nSPS) is 11.7. The molecule has 0 aliphatic carbocycles. The van der Waals surface area contributed by atoms with Crippen LogP contribution >= 0.6 is 0 Å². The molecule has 0 aromatic heterocycles. The molecule has 2 atom stereocenters. The van der Waals surface area contributed by atoms with Gasteiger partial charge < -0.3 is 31.2 Å². The van der Waals surface area contributed by atoms with Gasteiger partial charge in [0.25, 0.3) is 5.91 Å². The van der Waals surface area contributed by atoms with Crippen molar-refractivity contribution in [1.29, 1.82) is 5.41 Å². The molecule has 0 saturated carbocycles. The lowest BCUT2D eigenvalue weighted by Gasteiger charge is -2.23. The highest BCUT2D eigenvalue weighted by molar-refractivity contribution is 5.98.